The van der Waals surface area contributed by atoms with Crippen LogP contribution in [0.5, 0.6) is 5.75 Å². The number of methoxy groups -OCH3 is 1. The molecule has 0 bridgehead atoms. The first kappa shape index (κ1) is 19.4. The number of anilines is 1. The van der Waals surface area contributed by atoms with Gasteiger partial charge in [0.25, 0.3) is 0 Å². The summed E-state index contributed by atoms with van der Waals surface area (Å²) < 4.78 is 6.97. The second-order valence-electron chi connectivity index (χ2n) is 5.87. The van der Waals surface area contributed by atoms with Gasteiger partial charge in [0.15, 0.2) is 5.16 Å². The van der Waals surface area contributed by atoms with Crippen LogP contribution in [0.1, 0.15) is 17.3 Å². The highest BCUT2D eigenvalue weighted by atomic mass is 32.2. The van der Waals surface area contributed by atoms with Gasteiger partial charge in [-0.05, 0) is 55.5 Å². The van der Waals surface area contributed by atoms with Crippen LogP contribution in [0.2, 0.25) is 0 Å². The zero-order chi connectivity index (χ0) is 20.1. The van der Waals surface area contributed by atoms with Crippen LogP contribution >= 0.6 is 11.8 Å². The molecule has 3 N–H and O–H groups in total. The molecule has 0 saturated heterocycles. The summed E-state index contributed by atoms with van der Waals surface area (Å²) in [5.41, 5.74) is 7.04. The molecule has 2 aromatic carbocycles. The van der Waals surface area contributed by atoms with Crippen LogP contribution in [0.25, 0.3) is 5.69 Å². The maximum Gasteiger partial charge on any atom is 0.248 e. The Kier molecular flexibility index (Phi) is 5.95. The highest BCUT2D eigenvalue weighted by Crippen LogP contribution is 2.25. The third kappa shape index (κ3) is 4.49. The van der Waals surface area contributed by atoms with Gasteiger partial charge in [0.2, 0.25) is 11.8 Å². The van der Waals surface area contributed by atoms with Crippen molar-refractivity contribution in [3.63, 3.8) is 0 Å². The van der Waals surface area contributed by atoms with Crippen LogP contribution in [0, 0.1) is 0 Å². The Hall–Kier alpha value is -3.33. The van der Waals surface area contributed by atoms with E-state index in [4.69, 9.17) is 10.5 Å². The lowest BCUT2D eigenvalue weighted by Crippen LogP contribution is -2.23. The molecule has 28 heavy (non-hydrogen) atoms. The molecule has 0 aliphatic heterocycles. The van der Waals surface area contributed by atoms with Crippen molar-refractivity contribution >= 4 is 29.3 Å². The minimum atomic E-state index is -0.514. The summed E-state index contributed by atoms with van der Waals surface area (Å²) >= 11 is 1.29. The van der Waals surface area contributed by atoms with Crippen LogP contribution in [0.15, 0.2) is 60.0 Å². The Bertz CT molecular complexity index is 970. The summed E-state index contributed by atoms with van der Waals surface area (Å²) in [6.07, 6.45) is 1.59. The lowest BCUT2D eigenvalue weighted by molar-refractivity contribution is -0.115. The molecule has 0 radical (unpaired) electrons. The average Bonchev–Trinajstić information content (AvgIpc) is 3.16. The van der Waals surface area contributed by atoms with Crippen molar-refractivity contribution in [1.29, 1.82) is 0 Å². The van der Waals surface area contributed by atoms with E-state index in [9.17, 15) is 9.59 Å². The summed E-state index contributed by atoms with van der Waals surface area (Å²) in [7, 11) is 1.61. The smallest absolute Gasteiger partial charge is 0.248 e. The van der Waals surface area contributed by atoms with E-state index in [0.29, 0.717) is 16.4 Å². The second kappa shape index (κ2) is 8.57. The molecular weight excluding hydrogens is 378 g/mol. The Morgan fingerprint density at radius 2 is 1.82 bits per heavy atom. The van der Waals surface area contributed by atoms with Gasteiger partial charge in [0.05, 0.1) is 12.4 Å². The first-order valence-corrected chi connectivity index (χ1v) is 9.27. The zero-order valence-electron chi connectivity index (χ0n) is 15.3. The van der Waals surface area contributed by atoms with Crippen molar-refractivity contribution in [2.45, 2.75) is 17.3 Å². The van der Waals surface area contributed by atoms with Crippen molar-refractivity contribution in [2.24, 2.45) is 5.73 Å². The number of rotatable bonds is 7. The van der Waals surface area contributed by atoms with Gasteiger partial charge in [-0.1, -0.05) is 11.8 Å². The Balaban J connectivity index is 1.67. The minimum Gasteiger partial charge on any atom is -0.497 e. The first-order valence-electron chi connectivity index (χ1n) is 8.40. The minimum absolute atomic E-state index is 0.193. The average molecular weight is 397 g/mol. The summed E-state index contributed by atoms with van der Waals surface area (Å²) in [5.74, 6) is 0.0434. The topological polar surface area (TPSA) is 112 Å². The number of nitrogens with one attached hydrogen (secondary N) is 1. The predicted octanol–water partition coefficient (Wildman–Crippen LogP) is 2.49. The number of hydrogen-bond donors (Lipinski definition) is 2. The van der Waals surface area contributed by atoms with Gasteiger partial charge in [-0.15, -0.1) is 10.2 Å². The molecule has 1 heterocycles. The van der Waals surface area contributed by atoms with E-state index in [-0.39, 0.29) is 5.91 Å². The molecule has 3 rings (SSSR count). The van der Waals surface area contributed by atoms with Crippen molar-refractivity contribution in [3.05, 3.63) is 60.4 Å². The number of thioether (sulfide) groups is 1. The summed E-state index contributed by atoms with van der Waals surface area (Å²) in [6, 6.07) is 13.9. The maximum atomic E-state index is 12.5. The molecule has 0 saturated carbocycles. The van der Waals surface area contributed by atoms with Crippen LogP contribution in [-0.4, -0.2) is 38.9 Å². The second-order valence-corrected chi connectivity index (χ2v) is 7.18. The Morgan fingerprint density at radius 3 is 2.43 bits per heavy atom. The van der Waals surface area contributed by atoms with Gasteiger partial charge < -0.3 is 15.8 Å². The van der Waals surface area contributed by atoms with E-state index in [1.165, 1.54) is 11.8 Å². The molecule has 9 heteroatoms. The largest absolute Gasteiger partial charge is 0.497 e. The van der Waals surface area contributed by atoms with E-state index in [1.807, 2.05) is 24.3 Å². The van der Waals surface area contributed by atoms with Gasteiger partial charge in [-0.2, -0.15) is 0 Å². The third-order valence-electron chi connectivity index (χ3n) is 3.96. The van der Waals surface area contributed by atoms with E-state index < -0.39 is 11.2 Å². The lowest BCUT2D eigenvalue weighted by Gasteiger charge is -2.13. The van der Waals surface area contributed by atoms with Crippen molar-refractivity contribution < 1.29 is 14.3 Å². The van der Waals surface area contributed by atoms with E-state index in [2.05, 4.69) is 15.5 Å². The number of primary amides is 1. The number of carbonyl (C=O) groups is 2. The van der Waals surface area contributed by atoms with Crippen LogP contribution in [0.3, 0.4) is 0 Å². The van der Waals surface area contributed by atoms with Crippen molar-refractivity contribution in [3.8, 4) is 11.4 Å². The lowest BCUT2D eigenvalue weighted by atomic mass is 10.2. The molecule has 0 aliphatic carbocycles. The molecule has 0 fully saturated rings. The third-order valence-corrected chi connectivity index (χ3v) is 5.01. The number of benzene rings is 2. The SMILES string of the molecule is COc1ccc(-n2cnnc2S[C@H](C)C(=O)Nc2ccc(C(N)=O)cc2)cc1. The number of aromatic nitrogens is 3. The van der Waals surface area contributed by atoms with Gasteiger partial charge in [-0.3, -0.25) is 14.2 Å². The fraction of sp³-hybridized carbons (Fsp3) is 0.158. The molecule has 144 valence electrons. The van der Waals surface area contributed by atoms with Crippen molar-refractivity contribution in [1.82, 2.24) is 14.8 Å². The van der Waals surface area contributed by atoms with E-state index in [0.717, 1.165) is 11.4 Å². The number of nitrogens with zero attached hydrogens (tertiary/aromatic N) is 3. The fourth-order valence-corrected chi connectivity index (χ4v) is 3.24. The maximum absolute atomic E-state index is 12.5. The summed E-state index contributed by atoms with van der Waals surface area (Å²) in [6.45, 7) is 1.78. The monoisotopic (exact) mass is 397 g/mol. The molecule has 0 unspecified atom stereocenters. The highest BCUT2D eigenvalue weighted by molar-refractivity contribution is 8.00. The van der Waals surface area contributed by atoms with Crippen molar-refractivity contribution in [2.75, 3.05) is 12.4 Å². The van der Waals surface area contributed by atoms with Crippen LogP contribution in [-0.2, 0) is 4.79 Å². The Labute approximate surface area is 166 Å². The number of ether oxygens (including phenoxy) is 1. The molecular formula is C19H19N5O3S. The molecule has 1 aromatic heterocycles. The number of hydrogen-bond acceptors (Lipinski definition) is 6. The van der Waals surface area contributed by atoms with Crippen LogP contribution in [0.4, 0.5) is 5.69 Å². The molecule has 3 aromatic rings. The van der Waals surface area contributed by atoms with E-state index >= 15 is 0 Å². The number of carbonyl (C=O) groups excluding carboxylic acids is 2. The Morgan fingerprint density at radius 1 is 1.14 bits per heavy atom. The fourth-order valence-electron chi connectivity index (χ4n) is 2.40. The summed E-state index contributed by atoms with van der Waals surface area (Å²) in [5, 5.41) is 11.0. The predicted molar refractivity (Wildman–Crippen MR) is 107 cm³/mol. The molecule has 2 amide bonds. The highest BCUT2D eigenvalue weighted by Gasteiger charge is 2.19. The molecule has 0 spiro atoms. The van der Waals surface area contributed by atoms with E-state index in [1.54, 1.807) is 49.2 Å². The zero-order valence-corrected chi connectivity index (χ0v) is 16.1. The molecule has 0 aliphatic rings. The molecule has 8 nitrogen and oxygen atoms in total. The standard InChI is InChI=1S/C19H19N5O3S/c1-12(18(26)22-14-5-3-13(4-6-14)17(20)25)28-19-23-21-11-24(19)15-7-9-16(27-2)10-8-15/h3-12H,1-2H3,(H2,20,25)(H,22,26)/t12-/m1/s1. The summed E-state index contributed by atoms with van der Waals surface area (Å²) in [4.78, 5) is 23.6. The number of amides is 2. The van der Waals surface area contributed by atoms with Crippen LogP contribution < -0.4 is 15.8 Å². The van der Waals surface area contributed by atoms with Gasteiger partial charge in [0, 0.05) is 16.9 Å². The van der Waals surface area contributed by atoms with Gasteiger partial charge in [0.1, 0.15) is 12.1 Å². The quantitative estimate of drug-likeness (QED) is 0.593. The van der Waals surface area contributed by atoms with Gasteiger partial charge in [-0.25, -0.2) is 0 Å². The molecule has 1 atom stereocenters. The first-order chi connectivity index (χ1) is 13.5. The van der Waals surface area contributed by atoms with Gasteiger partial charge >= 0.3 is 0 Å². The number of nitrogens with two attached hydrogens (primary N) is 1. The normalized spacial score (nSPS) is 11.6.